The maximum absolute atomic E-state index is 12.3. The Kier molecular flexibility index (Phi) is 6.14. The zero-order valence-electron chi connectivity index (χ0n) is 14.4. The van der Waals surface area contributed by atoms with Crippen LogP contribution in [-0.4, -0.2) is 50.7 Å². The molecule has 1 heterocycles. The van der Waals surface area contributed by atoms with Gasteiger partial charge in [-0.05, 0) is 26.2 Å². The number of aromatic nitrogens is 1. The molecule has 1 atom stereocenters. The summed E-state index contributed by atoms with van der Waals surface area (Å²) in [6, 6.07) is 11.2. The van der Waals surface area contributed by atoms with Gasteiger partial charge in [-0.25, -0.2) is 4.98 Å². The van der Waals surface area contributed by atoms with Crippen LogP contribution in [0.25, 0.3) is 0 Å². The highest BCUT2D eigenvalue weighted by Crippen LogP contribution is 2.27. The summed E-state index contributed by atoms with van der Waals surface area (Å²) in [4.78, 5) is 18.4. The summed E-state index contributed by atoms with van der Waals surface area (Å²) in [6.45, 7) is 0.457. The number of hydrogen-bond acceptors (Lipinski definition) is 5. The number of amides is 1. The van der Waals surface area contributed by atoms with E-state index in [1.807, 2.05) is 43.3 Å². The summed E-state index contributed by atoms with van der Waals surface area (Å²) in [5.41, 5.74) is 1.52. The van der Waals surface area contributed by atoms with Crippen LogP contribution in [0.2, 0.25) is 0 Å². The first-order chi connectivity index (χ1) is 11.6. The van der Waals surface area contributed by atoms with Crippen molar-refractivity contribution >= 4 is 5.91 Å². The van der Waals surface area contributed by atoms with E-state index in [1.165, 1.54) is 13.3 Å². The third-order valence-corrected chi connectivity index (χ3v) is 3.78. The van der Waals surface area contributed by atoms with E-state index >= 15 is 0 Å². The molecule has 0 saturated carbocycles. The van der Waals surface area contributed by atoms with Gasteiger partial charge in [-0.3, -0.25) is 4.79 Å². The number of hydrogen-bond donors (Lipinski definition) is 1. The summed E-state index contributed by atoms with van der Waals surface area (Å²) in [6.07, 6.45) is 1.50. The first-order valence-corrected chi connectivity index (χ1v) is 7.64. The Hall–Kier alpha value is -2.60. The molecule has 0 aliphatic rings. The van der Waals surface area contributed by atoms with Gasteiger partial charge in [-0.15, -0.1) is 0 Å². The van der Waals surface area contributed by atoms with E-state index in [4.69, 9.17) is 9.47 Å². The maximum atomic E-state index is 12.3. The van der Waals surface area contributed by atoms with Crippen LogP contribution in [0.1, 0.15) is 22.0 Å². The molecule has 0 bridgehead atoms. The molecule has 0 fully saturated rings. The van der Waals surface area contributed by atoms with Crippen LogP contribution in [0.15, 0.2) is 42.6 Å². The standard InChI is InChI=1S/C18H23N3O3/c1-21(2)15(14-7-5-6-8-16(14)23-3)12-20-18(22)13-9-10-17(24-4)19-11-13/h5-11,15H,12H2,1-4H3,(H,20,22). The summed E-state index contributed by atoms with van der Waals surface area (Å²) < 4.78 is 10.4. The van der Waals surface area contributed by atoms with Gasteiger partial charge in [0.2, 0.25) is 5.88 Å². The highest BCUT2D eigenvalue weighted by molar-refractivity contribution is 5.93. The second-order valence-electron chi connectivity index (χ2n) is 5.52. The van der Waals surface area contributed by atoms with Gasteiger partial charge in [0.05, 0.1) is 25.8 Å². The van der Waals surface area contributed by atoms with Crippen LogP contribution in [0.3, 0.4) is 0 Å². The van der Waals surface area contributed by atoms with Gasteiger partial charge >= 0.3 is 0 Å². The minimum atomic E-state index is -0.174. The van der Waals surface area contributed by atoms with Gasteiger partial charge in [-0.2, -0.15) is 0 Å². The third kappa shape index (κ3) is 4.23. The average molecular weight is 329 g/mol. The van der Waals surface area contributed by atoms with Gasteiger partial charge in [-0.1, -0.05) is 18.2 Å². The molecule has 0 spiro atoms. The first kappa shape index (κ1) is 17.7. The van der Waals surface area contributed by atoms with Crippen molar-refractivity contribution < 1.29 is 14.3 Å². The normalized spacial score (nSPS) is 11.9. The predicted octanol–water partition coefficient (Wildman–Crippen LogP) is 2.13. The van der Waals surface area contributed by atoms with Crippen LogP contribution >= 0.6 is 0 Å². The highest BCUT2D eigenvalue weighted by Gasteiger charge is 2.19. The summed E-state index contributed by atoms with van der Waals surface area (Å²) in [7, 11) is 7.13. The Morgan fingerprint density at radius 1 is 1.17 bits per heavy atom. The van der Waals surface area contributed by atoms with E-state index in [0.717, 1.165) is 11.3 Å². The number of ether oxygens (including phenoxy) is 2. The Labute approximate surface area is 142 Å². The largest absolute Gasteiger partial charge is 0.496 e. The zero-order valence-corrected chi connectivity index (χ0v) is 14.4. The molecule has 1 aromatic carbocycles. The number of likely N-dealkylation sites (N-methyl/N-ethyl adjacent to an activating group) is 1. The topological polar surface area (TPSA) is 63.7 Å². The number of nitrogens with one attached hydrogen (secondary N) is 1. The number of nitrogens with zero attached hydrogens (tertiary/aromatic N) is 2. The lowest BCUT2D eigenvalue weighted by Gasteiger charge is -2.26. The zero-order chi connectivity index (χ0) is 17.5. The number of rotatable bonds is 7. The van der Waals surface area contributed by atoms with E-state index in [0.29, 0.717) is 18.0 Å². The quantitative estimate of drug-likeness (QED) is 0.843. The van der Waals surface area contributed by atoms with Crippen LogP contribution in [0.5, 0.6) is 11.6 Å². The smallest absolute Gasteiger partial charge is 0.252 e. The van der Waals surface area contributed by atoms with Crippen molar-refractivity contribution in [3.63, 3.8) is 0 Å². The van der Waals surface area contributed by atoms with Crippen LogP contribution in [-0.2, 0) is 0 Å². The molecule has 1 amide bonds. The SMILES string of the molecule is COc1ccc(C(=O)NCC(c2ccccc2OC)N(C)C)cn1. The van der Waals surface area contributed by atoms with Gasteiger partial charge in [0.1, 0.15) is 5.75 Å². The number of carbonyl (C=O) groups excluding carboxylic acids is 1. The van der Waals surface area contributed by atoms with Crippen molar-refractivity contribution in [1.82, 2.24) is 15.2 Å². The van der Waals surface area contributed by atoms with Crippen molar-refractivity contribution in [2.45, 2.75) is 6.04 Å². The van der Waals surface area contributed by atoms with E-state index in [9.17, 15) is 4.79 Å². The van der Waals surface area contributed by atoms with Crippen molar-refractivity contribution in [3.05, 3.63) is 53.7 Å². The van der Waals surface area contributed by atoms with Crippen LogP contribution < -0.4 is 14.8 Å². The van der Waals surface area contributed by atoms with Crippen molar-refractivity contribution in [2.24, 2.45) is 0 Å². The van der Waals surface area contributed by atoms with E-state index in [2.05, 4.69) is 10.3 Å². The Morgan fingerprint density at radius 2 is 1.92 bits per heavy atom. The lowest BCUT2D eigenvalue weighted by molar-refractivity contribution is 0.0941. The van der Waals surface area contributed by atoms with E-state index < -0.39 is 0 Å². The first-order valence-electron chi connectivity index (χ1n) is 7.64. The number of carbonyl (C=O) groups is 1. The Bertz CT molecular complexity index is 671. The summed E-state index contributed by atoms with van der Waals surface area (Å²) in [5, 5.41) is 2.95. The Balaban J connectivity index is 2.09. The van der Waals surface area contributed by atoms with Crippen LogP contribution in [0.4, 0.5) is 0 Å². The molecule has 2 rings (SSSR count). The molecule has 2 aromatic rings. The highest BCUT2D eigenvalue weighted by atomic mass is 16.5. The van der Waals surface area contributed by atoms with E-state index in [-0.39, 0.29) is 11.9 Å². The minimum absolute atomic E-state index is 0.00342. The third-order valence-electron chi connectivity index (χ3n) is 3.78. The molecule has 1 N–H and O–H groups in total. The number of benzene rings is 1. The van der Waals surface area contributed by atoms with Crippen molar-refractivity contribution in [1.29, 1.82) is 0 Å². The molecule has 128 valence electrons. The molecule has 0 aliphatic heterocycles. The lowest BCUT2D eigenvalue weighted by Crippen LogP contribution is -2.34. The van der Waals surface area contributed by atoms with Gasteiger partial charge in [0, 0.05) is 24.4 Å². The summed E-state index contributed by atoms with van der Waals surface area (Å²) >= 11 is 0. The minimum Gasteiger partial charge on any atom is -0.496 e. The molecule has 1 unspecified atom stereocenters. The molecule has 0 radical (unpaired) electrons. The molecule has 6 heteroatoms. The fourth-order valence-corrected chi connectivity index (χ4v) is 2.44. The number of methoxy groups -OCH3 is 2. The molecule has 6 nitrogen and oxygen atoms in total. The van der Waals surface area contributed by atoms with Gasteiger partial charge in [0.25, 0.3) is 5.91 Å². The predicted molar refractivity (Wildman–Crippen MR) is 92.5 cm³/mol. The lowest BCUT2D eigenvalue weighted by atomic mass is 10.0. The monoisotopic (exact) mass is 329 g/mol. The van der Waals surface area contributed by atoms with Gasteiger partial charge < -0.3 is 19.7 Å². The number of para-hydroxylation sites is 1. The fraction of sp³-hybridized carbons (Fsp3) is 0.333. The molecule has 1 aromatic heterocycles. The summed E-state index contributed by atoms with van der Waals surface area (Å²) in [5.74, 6) is 1.11. The molecule has 0 aliphatic carbocycles. The number of pyridine rings is 1. The maximum Gasteiger partial charge on any atom is 0.252 e. The fourth-order valence-electron chi connectivity index (χ4n) is 2.44. The molecule has 24 heavy (non-hydrogen) atoms. The van der Waals surface area contributed by atoms with Crippen molar-refractivity contribution in [3.8, 4) is 11.6 Å². The van der Waals surface area contributed by atoms with Gasteiger partial charge in [0.15, 0.2) is 0 Å². The second-order valence-corrected chi connectivity index (χ2v) is 5.52. The molecular formula is C18H23N3O3. The molecular weight excluding hydrogens is 306 g/mol. The van der Waals surface area contributed by atoms with E-state index in [1.54, 1.807) is 19.2 Å². The molecule has 0 saturated heterocycles. The van der Waals surface area contributed by atoms with Crippen molar-refractivity contribution in [2.75, 3.05) is 34.9 Å². The van der Waals surface area contributed by atoms with Crippen LogP contribution in [0, 0.1) is 0 Å². The average Bonchev–Trinajstić information content (AvgIpc) is 2.62. The second kappa shape index (κ2) is 8.31. The Morgan fingerprint density at radius 3 is 2.50 bits per heavy atom.